The van der Waals surface area contributed by atoms with Gasteiger partial charge in [-0.15, -0.1) is 0 Å². The van der Waals surface area contributed by atoms with Crippen molar-refractivity contribution in [1.29, 1.82) is 0 Å². The Kier molecular flexibility index (Phi) is 3.72. The van der Waals surface area contributed by atoms with E-state index >= 15 is 0 Å². The number of nitrogens with zero attached hydrogens (tertiary/aromatic N) is 1. The van der Waals surface area contributed by atoms with Gasteiger partial charge in [-0.25, -0.2) is 0 Å². The van der Waals surface area contributed by atoms with Gasteiger partial charge in [-0.3, -0.25) is 0 Å². The van der Waals surface area contributed by atoms with E-state index in [1.54, 1.807) is 0 Å². The molecule has 2 rings (SSSR count). The topological polar surface area (TPSA) is 12.5 Å². The van der Waals surface area contributed by atoms with Crippen LogP contribution in [-0.2, 0) is 4.74 Å². The monoisotopic (exact) mass is 233 g/mol. The molecule has 0 N–H and O–H groups in total. The minimum atomic E-state index is 0.140. The Morgan fingerprint density at radius 1 is 1.24 bits per heavy atom. The lowest BCUT2D eigenvalue weighted by atomic mass is 9.89. The van der Waals surface area contributed by atoms with Crippen molar-refractivity contribution in [2.75, 3.05) is 26.7 Å². The molecule has 0 aromatic carbocycles. The Morgan fingerprint density at radius 2 is 2.06 bits per heavy atom. The number of ether oxygens (including phenoxy) is 1. The summed E-state index contributed by atoms with van der Waals surface area (Å²) in [6.07, 6.45) is 11.1. The van der Waals surface area contributed by atoms with Crippen LogP contribution in [0.3, 0.4) is 0 Å². The summed E-state index contributed by atoms with van der Waals surface area (Å²) in [7, 11) is 2.16. The fourth-order valence-corrected chi connectivity index (χ4v) is 2.19. The fraction of sp³-hybridized carbons (Fsp3) is 0.600. The Labute approximate surface area is 105 Å². The van der Waals surface area contributed by atoms with Crippen molar-refractivity contribution in [3.63, 3.8) is 0 Å². The molecule has 0 aromatic heterocycles. The molecule has 0 spiro atoms. The Bertz CT molecular complexity index is 363. The minimum Gasteiger partial charge on any atom is -0.492 e. The molecule has 0 saturated carbocycles. The summed E-state index contributed by atoms with van der Waals surface area (Å²) in [4.78, 5) is 2.33. The lowest BCUT2D eigenvalue weighted by molar-refractivity contribution is 0.166. The van der Waals surface area contributed by atoms with Crippen LogP contribution in [0.2, 0.25) is 0 Å². The van der Waals surface area contributed by atoms with Gasteiger partial charge in [0, 0.05) is 18.5 Å². The predicted molar refractivity (Wildman–Crippen MR) is 71.8 cm³/mol. The second-order valence-corrected chi connectivity index (χ2v) is 5.63. The molecule has 0 saturated heterocycles. The third-order valence-corrected chi connectivity index (χ3v) is 3.45. The zero-order valence-electron chi connectivity index (χ0n) is 11.2. The third kappa shape index (κ3) is 3.47. The van der Waals surface area contributed by atoms with Gasteiger partial charge in [0.25, 0.3) is 0 Å². The molecule has 0 radical (unpaired) electrons. The van der Waals surface area contributed by atoms with E-state index < -0.39 is 0 Å². The predicted octanol–water partition coefficient (Wildman–Crippen LogP) is 3.13. The van der Waals surface area contributed by atoms with Gasteiger partial charge in [-0.05, 0) is 31.5 Å². The van der Waals surface area contributed by atoms with Crippen LogP contribution in [-0.4, -0.2) is 31.6 Å². The molecule has 1 heterocycles. The van der Waals surface area contributed by atoms with Gasteiger partial charge in [0.1, 0.15) is 12.4 Å². The quantitative estimate of drug-likeness (QED) is 0.596. The van der Waals surface area contributed by atoms with Gasteiger partial charge >= 0.3 is 0 Å². The highest BCUT2D eigenvalue weighted by Gasteiger charge is 2.16. The van der Waals surface area contributed by atoms with Gasteiger partial charge in [0.2, 0.25) is 0 Å². The minimum absolute atomic E-state index is 0.140. The maximum Gasteiger partial charge on any atom is 0.118 e. The average Bonchev–Trinajstić information content (AvgIpc) is 2.24. The average molecular weight is 233 g/mol. The lowest BCUT2D eigenvalue weighted by Crippen LogP contribution is -2.27. The van der Waals surface area contributed by atoms with E-state index in [1.807, 2.05) is 0 Å². The molecule has 1 aliphatic carbocycles. The van der Waals surface area contributed by atoms with Crippen molar-refractivity contribution in [2.45, 2.75) is 26.7 Å². The first-order chi connectivity index (χ1) is 8.07. The molecule has 0 fully saturated rings. The first-order valence-corrected chi connectivity index (χ1v) is 6.47. The summed E-state index contributed by atoms with van der Waals surface area (Å²) >= 11 is 0. The van der Waals surface area contributed by atoms with Crippen molar-refractivity contribution in [1.82, 2.24) is 4.90 Å². The van der Waals surface area contributed by atoms with E-state index in [-0.39, 0.29) is 5.41 Å². The van der Waals surface area contributed by atoms with E-state index in [4.69, 9.17) is 4.74 Å². The van der Waals surface area contributed by atoms with Crippen LogP contribution >= 0.6 is 0 Å². The molecule has 1 aliphatic heterocycles. The van der Waals surface area contributed by atoms with Crippen molar-refractivity contribution in [3.8, 4) is 0 Å². The maximum absolute atomic E-state index is 5.90. The summed E-state index contributed by atoms with van der Waals surface area (Å²) in [5, 5.41) is 0. The van der Waals surface area contributed by atoms with Crippen molar-refractivity contribution < 1.29 is 4.74 Å². The molecule has 0 unspecified atom stereocenters. The number of hydrogen-bond acceptors (Lipinski definition) is 2. The molecule has 0 amide bonds. The van der Waals surface area contributed by atoms with Crippen molar-refractivity contribution >= 4 is 0 Å². The SMILES string of the molecule is CN1CCOC2=C(CC=CC(C)(C)C=C2)CC1. The summed E-state index contributed by atoms with van der Waals surface area (Å²) in [5.41, 5.74) is 1.57. The van der Waals surface area contributed by atoms with Crippen LogP contribution in [0.4, 0.5) is 0 Å². The molecule has 0 bridgehead atoms. The highest BCUT2D eigenvalue weighted by atomic mass is 16.5. The van der Waals surface area contributed by atoms with Crippen LogP contribution < -0.4 is 0 Å². The summed E-state index contributed by atoms with van der Waals surface area (Å²) < 4.78 is 5.90. The third-order valence-electron chi connectivity index (χ3n) is 3.45. The van der Waals surface area contributed by atoms with Gasteiger partial charge in [0.05, 0.1) is 0 Å². The number of rotatable bonds is 0. The van der Waals surface area contributed by atoms with Crippen LogP contribution in [0, 0.1) is 5.41 Å². The van der Waals surface area contributed by atoms with E-state index in [0.717, 1.165) is 38.3 Å². The molecule has 17 heavy (non-hydrogen) atoms. The summed E-state index contributed by atoms with van der Waals surface area (Å²) in [6, 6.07) is 0. The molecule has 2 heteroatoms. The molecule has 94 valence electrons. The number of allylic oxidation sites excluding steroid dienone is 4. The zero-order chi connectivity index (χ0) is 12.3. The van der Waals surface area contributed by atoms with Crippen LogP contribution in [0.25, 0.3) is 0 Å². The van der Waals surface area contributed by atoms with E-state index in [0.29, 0.717) is 0 Å². The Hall–Kier alpha value is -1.02. The van der Waals surface area contributed by atoms with Gasteiger partial charge < -0.3 is 9.64 Å². The van der Waals surface area contributed by atoms with Gasteiger partial charge in [-0.2, -0.15) is 0 Å². The summed E-state index contributed by atoms with van der Waals surface area (Å²) in [5.74, 6) is 1.11. The molecular weight excluding hydrogens is 210 g/mol. The molecule has 0 aromatic rings. The molecular formula is C15H23NO. The molecule has 2 aliphatic rings. The summed E-state index contributed by atoms with van der Waals surface area (Å²) in [6.45, 7) is 7.39. The normalized spacial score (nSPS) is 25.4. The lowest BCUT2D eigenvalue weighted by Gasteiger charge is -2.25. The standard InChI is InChI=1S/C15H23NO/c1-15(2)8-4-5-13-7-10-16(3)11-12-17-14(13)6-9-15/h4,6,8-9H,5,7,10-12H2,1-3H3. The van der Waals surface area contributed by atoms with Crippen LogP contribution in [0.5, 0.6) is 0 Å². The maximum atomic E-state index is 5.90. The Morgan fingerprint density at radius 3 is 2.88 bits per heavy atom. The fourth-order valence-electron chi connectivity index (χ4n) is 2.19. The number of likely N-dealkylation sites (N-methyl/N-ethyl adjacent to an activating group) is 1. The molecule has 0 atom stereocenters. The van der Waals surface area contributed by atoms with E-state index in [1.165, 1.54) is 5.57 Å². The Balaban J connectivity index is 2.22. The molecule has 2 nitrogen and oxygen atoms in total. The number of hydrogen-bond donors (Lipinski definition) is 0. The highest BCUT2D eigenvalue weighted by molar-refractivity contribution is 5.28. The van der Waals surface area contributed by atoms with Crippen molar-refractivity contribution in [2.24, 2.45) is 5.41 Å². The highest BCUT2D eigenvalue weighted by Crippen LogP contribution is 2.27. The second-order valence-electron chi connectivity index (χ2n) is 5.63. The van der Waals surface area contributed by atoms with Crippen LogP contribution in [0.1, 0.15) is 26.7 Å². The largest absolute Gasteiger partial charge is 0.492 e. The zero-order valence-corrected chi connectivity index (χ0v) is 11.2. The smallest absolute Gasteiger partial charge is 0.118 e. The first-order valence-electron chi connectivity index (χ1n) is 6.47. The first kappa shape index (κ1) is 12.4. The second kappa shape index (κ2) is 5.09. The van der Waals surface area contributed by atoms with E-state index in [9.17, 15) is 0 Å². The van der Waals surface area contributed by atoms with Crippen molar-refractivity contribution in [3.05, 3.63) is 35.6 Å². The van der Waals surface area contributed by atoms with Crippen LogP contribution in [0.15, 0.2) is 35.6 Å². The van der Waals surface area contributed by atoms with E-state index in [2.05, 4.69) is 50.1 Å². The van der Waals surface area contributed by atoms with Gasteiger partial charge in [-0.1, -0.05) is 32.1 Å². The van der Waals surface area contributed by atoms with Gasteiger partial charge in [0.15, 0.2) is 0 Å².